The number of carbonyl (C=O) groups is 1. The van der Waals surface area contributed by atoms with Gasteiger partial charge in [-0.3, -0.25) is 4.57 Å². The molecule has 9 nitrogen and oxygen atoms in total. The molecule has 1 aliphatic rings. The van der Waals surface area contributed by atoms with Crippen molar-refractivity contribution < 1.29 is 39.4 Å². The van der Waals surface area contributed by atoms with E-state index in [2.05, 4.69) is 54.8 Å². The van der Waals surface area contributed by atoms with Gasteiger partial charge in [-0.15, -0.1) is 0 Å². The van der Waals surface area contributed by atoms with Crippen molar-refractivity contribution in [3.63, 3.8) is 0 Å². The summed E-state index contributed by atoms with van der Waals surface area (Å²) in [7, 11) is 4.46. The van der Waals surface area contributed by atoms with E-state index in [1.54, 1.807) is 37.3 Å². The third-order valence-corrected chi connectivity index (χ3v) is 9.43. The number of carbonyl (C=O) groups excluding carboxylic acids is 1. The number of nitrogens with one attached hydrogen (secondary N) is 1. The Kier molecular flexibility index (Phi) is 11.1. The van der Waals surface area contributed by atoms with Gasteiger partial charge in [-0.25, -0.2) is 18.8 Å². The first-order chi connectivity index (χ1) is 23.8. The first-order valence-electron chi connectivity index (χ1n) is 16.6. The standard InChI is InChI=1S/C38H38F3N7O2.BrH/c1-26-35(34-20-21-43-47(34)32-18-14-27(23-42)15-19-32)46(37(50)45(26)33-11-7-10-30(22-33)38(39,40)41)36(49)44-31-16-12-29(13-17-31)25-48(2,3)24-28-8-5-4-6-9-28;/h4-11,14-15,18-22,29,31H,12-13,16-17,24-25H2,1-3H3;1H. The lowest BCUT2D eigenvalue weighted by Crippen LogP contribution is -3.00. The SMILES string of the molecule is Cc1c(-c2ccnn2-c2ccc(C#N)cc2)n(C(=O)NC2CCC(C[N+](C)(C)Cc3ccccc3)CC2)c(=O)n1-c1cccc(C(F)(F)F)c1.[Br-]. The first kappa shape index (κ1) is 37.3. The molecule has 51 heavy (non-hydrogen) atoms. The zero-order valence-corrected chi connectivity index (χ0v) is 30.2. The summed E-state index contributed by atoms with van der Waals surface area (Å²) < 4.78 is 45.6. The number of benzene rings is 3. The molecule has 1 aliphatic carbocycles. The third kappa shape index (κ3) is 8.18. The molecular formula is C38H39BrF3N7O2. The summed E-state index contributed by atoms with van der Waals surface area (Å²) in [5, 5.41) is 16.7. The maximum absolute atomic E-state index is 14.2. The number of quaternary nitrogens is 1. The van der Waals surface area contributed by atoms with Gasteiger partial charge < -0.3 is 26.8 Å². The number of nitriles is 1. The molecule has 0 atom stereocenters. The van der Waals surface area contributed by atoms with Crippen LogP contribution in [0.15, 0.2) is 95.9 Å². The predicted molar refractivity (Wildman–Crippen MR) is 184 cm³/mol. The zero-order valence-electron chi connectivity index (χ0n) is 28.6. The van der Waals surface area contributed by atoms with Gasteiger partial charge >= 0.3 is 17.9 Å². The van der Waals surface area contributed by atoms with E-state index in [1.165, 1.54) is 28.6 Å². The van der Waals surface area contributed by atoms with Crippen LogP contribution in [0.4, 0.5) is 18.0 Å². The molecule has 1 saturated carbocycles. The average molecular weight is 763 g/mol. The Hall–Kier alpha value is -4.93. The summed E-state index contributed by atoms with van der Waals surface area (Å²) in [4.78, 5) is 28.3. The highest BCUT2D eigenvalue weighted by Crippen LogP contribution is 2.33. The van der Waals surface area contributed by atoms with Crippen molar-refractivity contribution in [3.8, 4) is 28.8 Å². The largest absolute Gasteiger partial charge is 1.00 e. The van der Waals surface area contributed by atoms with E-state index in [0.29, 0.717) is 22.9 Å². The number of halogens is 4. The summed E-state index contributed by atoms with van der Waals surface area (Å²) in [6, 6.07) is 24.4. The Morgan fingerprint density at radius 2 is 1.65 bits per heavy atom. The first-order valence-corrected chi connectivity index (χ1v) is 16.6. The summed E-state index contributed by atoms with van der Waals surface area (Å²) >= 11 is 0. The molecule has 1 N–H and O–H groups in total. The number of imidazole rings is 1. The molecule has 266 valence electrons. The van der Waals surface area contributed by atoms with E-state index >= 15 is 0 Å². The molecule has 2 heterocycles. The molecule has 1 amide bonds. The van der Waals surface area contributed by atoms with E-state index in [4.69, 9.17) is 0 Å². The molecule has 13 heteroatoms. The minimum atomic E-state index is -4.63. The fourth-order valence-corrected chi connectivity index (χ4v) is 7.16. The van der Waals surface area contributed by atoms with Crippen LogP contribution in [0.2, 0.25) is 0 Å². The number of aromatic nitrogens is 4. The number of alkyl halides is 3. The highest BCUT2D eigenvalue weighted by molar-refractivity contribution is 5.83. The van der Waals surface area contributed by atoms with Crippen LogP contribution in [-0.2, 0) is 12.7 Å². The van der Waals surface area contributed by atoms with Gasteiger partial charge in [0, 0.05) is 17.5 Å². The normalized spacial score (nSPS) is 16.3. The predicted octanol–water partition coefficient (Wildman–Crippen LogP) is 4.09. The summed E-state index contributed by atoms with van der Waals surface area (Å²) in [5.74, 6) is 0.478. The Bertz CT molecular complexity index is 2090. The smallest absolute Gasteiger partial charge is 0.416 e. The van der Waals surface area contributed by atoms with E-state index in [-0.39, 0.29) is 40.1 Å². The molecule has 0 spiro atoms. The van der Waals surface area contributed by atoms with Crippen LogP contribution in [0.3, 0.4) is 0 Å². The topological polar surface area (TPSA) is 97.6 Å². The minimum absolute atomic E-state index is 0. The van der Waals surface area contributed by atoms with E-state index in [1.807, 2.05) is 6.07 Å². The fraction of sp³-hybridized carbons (Fsp3) is 0.316. The molecule has 3 aromatic carbocycles. The minimum Gasteiger partial charge on any atom is -1.00 e. The van der Waals surface area contributed by atoms with Crippen LogP contribution in [0, 0.1) is 24.2 Å². The number of hydrogen-bond donors (Lipinski definition) is 1. The lowest BCUT2D eigenvalue weighted by Gasteiger charge is -2.36. The number of hydrogen-bond acceptors (Lipinski definition) is 4. The molecule has 5 aromatic rings. The highest BCUT2D eigenvalue weighted by atomic mass is 79.9. The second-order valence-corrected chi connectivity index (χ2v) is 13.7. The van der Waals surface area contributed by atoms with Crippen molar-refractivity contribution >= 4 is 6.03 Å². The molecule has 0 radical (unpaired) electrons. The molecular weight excluding hydrogens is 723 g/mol. The van der Waals surface area contributed by atoms with Gasteiger partial charge in [0.25, 0.3) is 0 Å². The summed E-state index contributed by atoms with van der Waals surface area (Å²) in [6.07, 6.45) is 0.196. The maximum Gasteiger partial charge on any atom is 0.416 e. The van der Waals surface area contributed by atoms with E-state index < -0.39 is 23.5 Å². The van der Waals surface area contributed by atoms with Crippen LogP contribution in [-0.4, -0.2) is 56.1 Å². The van der Waals surface area contributed by atoms with Crippen molar-refractivity contribution in [2.75, 3.05) is 20.6 Å². The van der Waals surface area contributed by atoms with Crippen LogP contribution >= 0.6 is 0 Å². The van der Waals surface area contributed by atoms with Crippen molar-refractivity contribution in [1.29, 1.82) is 5.26 Å². The maximum atomic E-state index is 14.2. The molecule has 6 rings (SSSR count). The number of amides is 1. The lowest BCUT2D eigenvalue weighted by molar-refractivity contribution is -0.907. The highest BCUT2D eigenvalue weighted by Gasteiger charge is 2.33. The fourth-order valence-electron chi connectivity index (χ4n) is 7.16. The van der Waals surface area contributed by atoms with Gasteiger partial charge in [-0.05, 0) is 81.1 Å². The second-order valence-electron chi connectivity index (χ2n) is 13.7. The Morgan fingerprint density at radius 3 is 2.29 bits per heavy atom. The Morgan fingerprint density at radius 1 is 0.961 bits per heavy atom. The number of rotatable bonds is 8. The van der Waals surface area contributed by atoms with Gasteiger partial charge in [-0.1, -0.05) is 36.4 Å². The Labute approximate surface area is 304 Å². The van der Waals surface area contributed by atoms with E-state index in [9.17, 15) is 28.0 Å². The quantitative estimate of drug-likeness (QED) is 0.241. The van der Waals surface area contributed by atoms with Gasteiger partial charge in [0.2, 0.25) is 0 Å². The molecule has 0 aliphatic heterocycles. The zero-order chi connectivity index (χ0) is 35.6. The van der Waals surface area contributed by atoms with Crippen LogP contribution < -0.4 is 28.0 Å². The molecule has 0 saturated heterocycles. The number of nitrogens with zero attached hydrogens (tertiary/aromatic N) is 6. The molecule has 2 aromatic heterocycles. The van der Waals surface area contributed by atoms with E-state index in [0.717, 1.165) is 64.5 Å². The van der Waals surface area contributed by atoms with Crippen molar-refractivity contribution in [1.82, 2.24) is 24.2 Å². The van der Waals surface area contributed by atoms with Crippen molar-refractivity contribution in [2.24, 2.45) is 5.92 Å². The van der Waals surface area contributed by atoms with Gasteiger partial charge in [-0.2, -0.15) is 23.5 Å². The van der Waals surface area contributed by atoms with Crippen molar-refractivity contribution in [3.05, 3.63) is 124 Å². The molecule has 1 fully saturated rings. The lowest BCUT2D eigenvalue weighted by atomic mass is 9.85. The summed E-state index contributed by atoms with van der Waals surface area (Å²) in [6.45, 7) is 3.51. The van der Waals surface area contributed by atoms with Gasteiger partial charge in [0.05, 0.1) is 66.8 Å². The third-order valence-electron chi connectivity index (χ3n) is 9.43. The van der Waals surface area contributed by atoms with Crippen molar-refractivity contribution in [2.45, 2.75) is 51.4 Å². The van der Waals surface area contributed by atoms with Crippen LogP contribution in [0.5, 0.6) is 0 Å². The molecule has 0 unspecified atom stereocenters. The monoisotopic (exact) mass is 761 g/mol. The van der Waals surface area contributed by atoms with Gasteiger partial charge in [0.15, 0.2) is 0 Å². The Balaban J connectivity index is 0.00000504. The average Bonchev–Trinajstić information content (AvgIpc) is 3.67. The molecule has 0 bridgehead atoms. The second kappa shape index (κ2) is 15.1. The van der Waals surface area contributed by atoms with Gasteiger partial charge in [0.1, 0.15) is 12.2 Å². The van der Waals surface area contributed by atoms with Crippen LogP contribution in [0.25, 0.3) is 22.8 Å². The van der Waals surface area contributed by atoms with Crippen LogP contribution in [0.1, 0.15) is 48.1 Å². The summed E-state index contributed by atoms with van der Waals surface area (Å²) in [5.41, 5.74) is 1.42.